The largest absolute Gasteiger partial charge is 0.365 e. The SMILES string of the molecule is CNCC1CCN(c2nc3ccccc3cc2C(N)=O)C1. The number of amides is 1. The minimum atomic E-state index is -0.416. The summed E-state index contributed by atoms with van der Waals surface area (Å²) in [5.74, 6) is 0.893. The van der Waals surface area contributed by atoms with E-state index in [1.54, 1.807) is 0 Å². The lowest BCUT2D eigenvalue weighted by molar-refractivity contribution is 0.100. The van der Waals surface area contributed by atoms with Crippen LogP contribution in [-0.4, -0.2) is 37.6 Å². The van der Waals surface area contributed by atoms with E-state index in [0.29, 0.717) is 11.5 Å². The molecule has 2 aromatic rings. The average molecular weight is 284 g/mol. The van der Waals surface area contributed by atoms with E-state index in [9.17, 15) is 4.79 Å². The molecule has 0 spiro atoms. The number of nitrogens with two attached hydrogens (primary N) is 1. The Balaban J connectivity index is 2.00. The lowest BCUT2D eigenvalue weighted by Crippen LogP contribution is -2.27. The highest BCUT2D eigenvalue weighted by atomic mass is 16.1. The first-order valence-corrected chi connectivity index (χ1v) is 7.28. The Kier molecular flexibility index (Phi) is 3.75. The molecule has 1 amide bonds. The van der Waals surface area contributed by atoms with Crippen LogP contribution in [0.4, 0.5) is 5.82 Å². The average Bonchev–Trinajstić information content (AvgIpc) is 2.94. The van der Waals surface area contributed by atoms with Crippen LogP contribution in [0.2, 0.25) is 0 Å². The Morgan fingerprint density at radius 2 is 2.29 bits per heavy atom. The number of primary amides is 1. The van der Waals surface area contributed by atoms with Crippen LogP contribution in [0.15, 0.2) is 30.3 Å². The van der Waals surface area contributed by atoms with E-state index in [2.05, 4.69) is 15.2 Å². The van der Waals surface area contributed by atoms with Gasteiger partial charge in [-0.05, 0) is 38.1 Å². The number of rotatable bonds is 4. The van der Waals surface area contributed by atoms with Crippen molar-refractivity contribution < 1.29 is 4.79 Å². The molecule has 0 saturated carbocycles. The molecule has 1 aliphatic rings. The van der Waals surface area contributed by atoms with Crippen LogP contribution >= 0.6 is 0 Å². The molecule has 110 valence electrons. The molecule has 1 fully saturated rings. The van der Waals surface area contributed by atoms with Crippen molar-refractivity contribution in [3.05, 3.63) is 35.9 Å². The van der Waals surface area contributed by atoms with Gasteiger partial charge < -0.3 is 16.0 Å². The van der Waals surface area contributed by atoms with E-state index in [0.717, 1.165) is 42.8 Å². The van der Waals surface area contributed by atoms with Crippen molar-refractivity contribution in [3.63, 3.8) is 0 Å². The summed E-state index contributed by atoms with van der Waals surface area (Å²) in [7, 11) is 1.96. The summed E-state index contributed by atoms with van der Waals surface area (Å²) in [6.07, 6.45) is 1.10. The molecular weight excluding hydrogens is 264 g/mol. The van der Waals surface area contributed by atoms with Crippen LogP contribution in [0.25, 0.3) is 10.9 Å². The number of nitrogens with zero attached hydrogens (tertiary/aromatic N) is 2. The minimum absolute atomic E-state index is 0.416. The molecule has 0 bridgehead atoms. The lowest BCUT2D eigenvalue weighted by Gasteiger charge is -2.20. The van der Waals surface area contributed by atoms with E-state index < -0.39 is 5.91 Å². The Hall–Kier alpha value is -2.14. The van der Waals surface area contributed by atoms with Crippen molar-refractivity contribution in [3.8, 4) is 0 Å². The Morgan fingerprint density at radius 1 is 1.48 bits per heavy atom. The third-order valence-electron chi connectivity index (χ3n) is 4.05. The number of nitrogens with one attached hydrogen (secondary N) is 1. The summed E-state index contributed by atoms with van der Waals surface area (Å²) >= 11 is 0. The number of benzene rings is 1. The molecule has 1 saturated heterocycles. The summed E-state index contributed by atoms with van der Waals surface area (Å²) in [5.41, 5.74) is 6.96. The molecule has 5 nitrogen and oxygen atoms in total. The number of carbonyl (C=O) groups is 1. The number of hydrogen-bond acceptors (Lipinski definition) is 4. The van der Waals surface area contributed by atoms with Crippen molar-refractivity contribution in [1.82, 2.24) is 10.3 Å². The molecule has 2 heterocycles. The molecule has 1 aromatic heterocycles. The first-order valence-electron chi connectivity index (χ1n) is 7.28. The van der Waals surface area contributed by atoms with Crippen LogP contribution in [-0.2, 0) is 0 Å². The van der Waals surface area contributed by atoms with Crippen molar-refractivity contribution in [2.45, 2.75) is 6.42 Å². The highest BCUT2D eigenvalue weighted by molar-refractivity contribution is 6.01. The number of aromatic nitrogens is 1. The summed E-state index contributed by atoms with van der Waals surface area (Å²) in [6, 6.07) is 9.66. The van der Waals surface area contributed by atoms with Crippen molar-refractivity contribution in [2.24, 2.45) is 11.7 Å². The van der Waals surface area contributed by atoms with Gasteiger partial charge in [-0.25, -0.2) is 4.98 Å². The number of para-hydroxylation sites is 1. The zero-order valence-corrected chi connectivity index (χ0v) is 12.2. The van der Waals surface area contributed by atoms with Gasteiger partial charge in [0.2, 0.25) is 0 Å². The van der Waals surface area contributed by atoms with Gasteiger partial charge in [-0.1, -0.05) is 18.2 Å². The van der Waals surface area contributed by atoms with E-state index in [1.165, 1.54) is 0 Å². The number of fused-ring (bicyclic) bond motifs is 1. The zero-order chi connectivity index (χ0) is 14.8. The molecule has 1 unspecified atom stereocenters. The van der Waals surface area contributed by atoms with Crippen LogP contribution in [0.3, 0.4) is 0 Å². The molecule has 0 aliphatic carbocycles. The first-order chi connectivity index (χ1) is 10.2. The third kappa shape index (κ3) is 2.69. The van der Waals surface area contributed by atoms with Gasteiger partial charge in [-0.15, -0.1) is 0 Å². The van der Waals surface area contributed by atoms with Gasteiger partial charge in [0.25, 0.3) is 5.91 Å². The predicted octanol–water partition coefficient (Wildman–Crippen LogP) is 1.38. The van der Waals surface area contributed by atoms with Crippen LogP contribution in [0.1, 0.15) is 16.8 Å². The smallest absolute Gasteiger partial charge is 0.252 e. The van der Waals surface area contributed by atoms with E-state index in [1.807, 2.05) is 37.4 Å². The molecule has 1 aromatic carbocycles. The molecule has 3 N–H and O–H groups in total. The highest BCUT2D eigenvalue weighted by Gasteiger charge is 2.26. The van der Waals surface area contributed by atoms with E-state index >= 15 is 0 Å². The fourth-order valence-electron chi connectivity index (χ4n) is 3.01. The van der Waals surface area contributed by atoms with Crippen LogP contribution in [0, 0.1) is 5.92 Å². The molecule has 21 heavy (non-hydrogen) atoms. The summed E-state index contributed by atoms with van der Waals surface area (Å²) in [5, 5.41) is 4.16. The second-order valence-electron chi connectivity index (χ2n) is 5.57. The molecular formula is C16H20N4O. The second kappa shape index (κ2) is 5.69. The van der Waals surface area contributed by atoms with Crippen molar-refractivity contribution in [2.75, 3.05) is 31.6 Å². The Bertz CT molecular complexity index is 670. The monoisotopic (exact) mass is 284 g/mol. The van der Waals surface area contributed by atoms with E-state index in [4.69, 9.17) is 5.73 Å². The number of hydrogen-bond donors (Lipinski definition) is 2. The predicted molar refractivity (Wildman–Crippen MR) is 84.5 cm³/mol. The van der Waals surface area contributed by atoms with Gasteiger partial charge >= 0.3 is 0 Å². The first kappa shape index (κ1) is 13.8. The van der Waals surface area contributed by atoms with Gasteiger partial charge in [0.1, 0.15) is 5.82 Å². The maximum atomic E-state index is 11.8. The van der Waals surface area contributed by atoms with Gasteiger partial charge in [0.05, 0.1) is 11.1 Å². The van der Waals surface area contributed by atoms with Crippen LogP contribution in [0.5, 0.6) is 0 Å². The van der Waals surface area contributed by atoms with Gasteiger partial charge in [0.15, 0.2) is 0 Å². The maximum Gasteiger partial charge on any atom is 0.252 e. The number of carbonyl (C=O) groups excluding carboxylic acids is 1. The summed E-state index contributed by atoms with van der Waals surface area (Å²) in [4.78, 5) is 18.6. The molecule has 0 radical (unpaired) electrons. The maximum absolute atomic E-state index is 11.8. The van der Waals surface area contributed by atoms with Gasteiger partial charge in [-0.2, -0.15) is 0 Å². The van der Waals surface area contributed by atoms with Crippen LogP contribution < -0.4 is 16.0 Å². The molecule has 3 rings (SSSR count). The normalized spacial score (nSPS) is 18.3. The fraction of sp³-hybridized carbons (Fsp3) is 0.375. The molecule has 5 heteroatoms. The molecule has 1 aliphatic heterocycles. The standard InChI is InChI=1S/C16H20N4O/c1-18-9-11-6-7-20(10-11)16-13(15(17)21)8-12-4-2-3-5-14(12)19-16/h2-5,8,11,18H,6-7,9-10H2,1H3,(H2,17,21). The molecule has 1 atom stereocenters. The van der Waals surface area contributed by atoms with E-state index in [-0.39, 0.29) is 0 Å². The number of pyridine rings is 1. The Morgan fingerprint density at radius 3 is 3.05 bits per heavy atom. The lowest BCUT2D eigenvalue weighted by atomic mass is 10.1. The zero-order valence-electron chi connectivity index (χ0n) is 12.2. The Labute approximate surface area is 124 Å². The fourth-order valence-corrected chi connectivity index (χ4v) is 3.01. The summed E-state index contributed by atoms with van der Waals surface area (Å²) < 4.78 is 0. The highest BCUT2D eigenvalue weighted by Crippen LogP contribution is 2.28. The van der Waals surface area contributed by atoms with Crippen molar-refractivity contribution in [1.29, 1.82) is 0 Å². The van der Waals surface area contributed by atoms with Gasteiger partial charge in [-0.3, -0.25) is 4.79 Å². The topological polar surface area (TPSA) is 71.2 Å². The second-order valence-corrected chi connectivity index (χ2v) is 5.57. The van der Waals surface area contributed by atoms with Crippen molar-refractivity contribution >= 4 is 22.6 Å². The van der Waals surface area contributed by atoms with Gasteiger partial charge in [0, 0.05) is 18.5 Å². The number of anilines is 1. The third-order valence-corrected chi connectivity index (χ3v) is 4.05. The summed E-state index contributed by atoms with van der Waals surface area (Å²) in [6.45, 7) is 2.81. The quantitative estimate of drug-likeness (QED) is 0.890. The minimum Gasteiger partial charge on any atom is -0.365 e.